The maximum absolute atomic E-state index is 9.99. The highest BCUT2D eigenvalue weighted by Gasteiger charge is 2.24. The minimum Gasteiger partial charge on any atom is -0.384 e. The molecule has 14 heavy (non-hydrogen) atoms. The van der Waals surface area contributed by atoms with E-state index in [1.54, 1.807) is 25.1 Å². The molecule has 3 heteroatoms. The van der Waals surface area contributed by atoms with Gasteiger partial charge in [-0.15, -0.1) is 12.3 Å². The van der Waals surface area contributed by atoms with Crippen LogP contribution in [0.15, 0.2) is 18.2 Å². The molecule has 0 fully saturated rings. The molecule has 0 saturated carbocycles. The Labute approximate surface area is 93.7 Å². The molecule has 0 bridgehead atoms. The molecule has 74 valence electrons. The van der Waals surface area contributed by atoms with Crippen LogP contribution < -0.4 is 0 Å². The van der Waals surface area contributed by atoms with E-state index in [9.17, 15) is 5.11 Å². The third kappa shape index (κ3) is 2.42. The second-order valence-corrected chi connectivity index (χ2v) is 4.12. The summed E-state index contributed by atoms with van der Waals surface area (Å²) in [5.74, 6) is 2.41. The number of halogens is 2. The van der Waals surface area contributed by atoms with Crippen LogP contribution in [0, 0.1) is 12.3 Å². The molecule has 1 aromatic carbocycles. The van der Waals surface area contributed by atoms with E-state index in [2.05, 4.69) is 5.92 Å². The monoisotopic (exact) mass is 228 g/mol. The van der Waals surface area contributed by atoms with Crippen molar-refractivity contribution in [2.24, 2.45) is 0 Å². The Hall–Kier alpha value is -0.680. The summed E-state index contributed by atoms with van der Waals surface area (Å²) in [6.45, 7) is 1.63. The first kappa shape index (κ1) is 11.4. The average Bonchev–Trinajstić information content (AvgIpc) is 2.02. The molecule has 1 rings (SSSR count). The second-order valence-electron chi connectivity index (χ2n) is 3.28. The van der Waals surface area contributed by atoms with Crippen LogP contribution in [-0.2, 0) is 5.60 Å². The maximum Gasteiger partial charge on any atom is 0.0991 e. The Kier molecular flexibility index (Phi) is 3.44. The van der Waals surface area contributed by atoms with Crippen molar-refractivity contribution in [2.75, 3.05) is 0 Å². The first-order chi connectivity index (χ1) is 6.47. The van der Waals surface area contributed by atoms with Gasteiger partial charge in [-0.2, -0.15) is 0 Å². The molecule has 0 saturated heterocycles. The molecule has 1 N–H and O–H groups in total. The zero-order valence-electron chi connectivity index (χ0n) is 7.72. The molecule has 0 aliphatic heterocycles. The third-order valence-electron chi connectivity index (χ3n) is 1.96. The molecule has 0 radical (unpaired) electrons. The molecule has 1 atom stereocenters. The SMILES string of the molecule is C#CC[C@](C)(O)c1ccc(Cl)cc1Cl. The van der Waals surface area contributed by atoms with Crippen molar-refractivity contribution in [1.29, 1.82) is 0 Å². The summed E-state index contributed by atoms with van der Waals surface area (Å²) in [5.41, 5.74) is -0.502. The summed E-state index contributed by atoms with van der Waals surface area (Å²) >= 11 is 11.7. The van der Waals surface area contributed by atoms with Gasteiger partial charge in [-0.3, -0.25) is 0 Å². The fourth-order valence-electron chi connectivity index (χ4n) is 1.22. The van der Waals surface area contributed by atoms with Crippen LogP contribution in [0.4, 0.5) is 0 Å². The average molecular weight is 229 g/mol. The number of hydrogen-bond acceptors (Lipinski definition) is 1. The van der Waals surface area contributed by atoms with Crippen molar-refractivity contribution in [3.8, 4) is 12.3 Å². The lowest BCUT2D eigenvalue weighted by Crippen LogP contribution is -2.20. The fourth-order valence-corrected chi connectivity index (χ4v) is 1.83. The van der Waals surface area contributed by atoms with Crippen molar-refractivity contribution in [1.82, 2.24) is 0 Å². The van der Waals surface area contributed by atoms with Gasteiger partial charge < -0.3 is 5.11 Å². The van der Waals surface area contributed by atoms with E-state index < -0.39 is 5.60 Å². The highest BCUT2D eigenvalue weighted by molar-refractivity contribution is 6.35. The Bertz CT molecular complexity index is 377. The van der Waals surface area contributed by atoms with Crippen molar-refractivity contribution in [3.63, 3.8) is 0 Å². The van der Waals surface area contributed by atoms with Crippen molar-refractivity contribution in [2.45, 2.75) is 18.9 Å². The molecule has 0 spiro atoms. The lowest BCUT2D eigenvalue weighted by molar-refractivity contribution is 0.0631. The Morgan fingerprint density at radius 2 is 2.14 bits per heavy atom. The first-order valence-corrected chi connectivity index (χ1v) is 4.84. The Morgan fingerprint density at radius 3 is 2.64 bits per heavy atom. The smallest absolute Gasteiger partial charge is 0.0991 e. The van der Waals surface area contributed by atoms with Gasteiger partial charge in [0.2, 0.25) is 0 Å². The van der Waals surface area contributed by atoms with Gasteiger partial charge in [0, 0.05) is 22.0 Å². The van der Waals surface area contributed by atoms with E-state index in [0.29, 0.717) is 15.6 Å². The van der Waals surface area contributed by atoms with E-state index >= 15 is 0 Å². The molecular weight excluding hydrogens is 219 g/mol. The van der Waals surface area contributed by atoms with Gasteiger partial charge in [0.05, 0.1) is 5.60 Å². The van der Waals surface area contributed by atoms with Gasteiger partial charge in [0.25, 0.3) is 0 Å². The van der Waals surface area contributed by atoms with Gasteiger partial charge in [0.1, 0.15) is 0 Å². The minimum absolute atomic E-state index is 0.217. The number of hydrogen-bond donors (Lipinski definition) is 1. The summed E-state index contributed by atoms with van der Waals surface area (Å²) in [5, 5.41) is 11.0. The number of rotatable bonds is 2. The maximum atomic E-state index is 9.99. The van der Waals surface area contributed by atoms with E-state index in [1.165, 1.54) is 0 Å². The Morgan fingerprint density at radius 1 is 1.50 bits per heavy atom. The van der Waals surface area contributed by atoms with Crippen LogP contribution in [0.1, 0.15) is 18.9 Å². The summed E-state index contributed by atoms with van der Waals surface area (Å²) in [6, 6.07) is 4.94. The zero-order valence-corrected chi connectivity index (χ0v) is 9.23. The number of terminal acetylenes is 1. The first-order valence-electron chi connectivity index (χ1n) is 4.09. The van der Waals surface area contributed by atoms with Crippen molar-refractivity contribution >= 4 is 23.2 Å². The summed E-state index contributed by atoms with van der Waals surface area (Å²) in [7, 11) is 0. The minimum atomic E-state index is -1.10. The van der Waals surface area contributed by atoms with E-state index in [4.69, 9.17) is 29.6 Å². The summed E-state index contributed by atoms with van der Waals surface area (Å²) in [4.78, 5) is 0. The van der Waals surface area contributed by atoms with Crippen molar-refractivity contribution < 1.29 is 5.11 Å². The number of benzene rings is 1. The lowest BCUT2D eigenvalue weighted by Gasteiger charge is -2.22. The molecule has 0 unspecified atom stereocenters. The standard InChI is InChI=1S/C11H10Cl2O/c1-3-6-11(2,14)9-5-4-8(12)7-10(9)13/h1,4-5,7,14H,6H2,2H3/t11-/m0/s1. The summed E-state index contributed by atoms with van der Waals surface area (Å²) < 4.78 is 0. The molecule has 1 aromatic rings. The van der Waals surface area contributed by atoms with Crippen LogP contribution in [0.5, 0.6) is 0 Å². The number of aliphatic hydroxyl groups is 1. The quantitative estimate of drug-likeness (QED) is 0.772. The van der Waals surface area contributed by atoms with Crippen LogP contribution in [-0.4, -0.2) is 5.11 Å². The normalized spacial score (nSPS) is 14.5. The molecule has 0 aliphatic carbocycles. The molecule has 0 aromatic heterocycles. The van der Waals surface area contributed by atoms with Crippen LogP contribution in [0.3, 0.4) is 0 Å². The summed E-state index contributed by atoms with van der Waals surface area (Å²) in [6.07, 6.45) is 5.37. The lowest BCUT2D eigenvalue weighted by atomic mass is 9.93. The van der Waals surface area contributed by atoms with Gasteiger partial charge in [-0.1, -0.05) is 29.3 Å². The molecule has 0 amide bonds. The van der Waals surface area contributed by atoms with Crippen molar-refractivity contribution in [3.05, 3.63) is 33.8 Å². The molecule has 1 nitrogen and oxygen atoms in total. The largest absolute Gasteiger partial charge is 0.384 e. The zero-order chi connectivity index (χ0) is 10.8. The topological polar surface area (TPSA) is 20.2 Å². The Balaban J connectivity index is 3.14. The van der Waals surface area contributed by atoms with Gasteiger partial charge in [-0.25, -0.2) is 0 Å². The third-order valence-corrected chi connectivity index (χ3v) is 2.51. The van der Waals surface area contributed by atoms with Crippen LogP contribution in [0.25, 0.3) is 0 Å². The molecular formula is C11H10Cl2O. The highest BCUT2D eigenvalue weighted by atomic mass is 35.5. The van der Waals surface area contributed by atoms with Crippen LogP contribution in [0.2, 0.25) is 10.0 Å². The fraction of sp³-hybridized carbons (Fsp3) is 0.273. The predicted octanol–water partition coefficient (Wildman–Crippen LogP) is 3.22. The second kappa shape index (κ2) is 4.23. The van der Waals surface area contributed by atoms with Gasteiger partial charge in [-0.05, 0) is 19.1 Å². The highest BCUT2D eigenvalue weighted by Crippen LogP contribution is 2.32. The predicted molar refractivity (Wildman–Crippen MR) is 59.5 cm³/mol. The van der Waals surface area contributed by atoms with E-state index in [-0.39, 0.29) is 6.42 Å². The van der Waals surface area contributed by atoms with Gasteiger partial charge >= 0.3 is 0 Å². The van der Waals surface area contributed by atoms with E-state index in [1.807, 2.05) is 0 Å². The van der Waals surface area contributed by atoms with Crippen LogP contribution >= 0.6 is 23.2 Å². The van der Waals surface area contributed by atoms with E-state index in [0.717, 1.165) is 0 Å². The molecule has 0 heterocycles. The van der Waals surface area contributed by atoms with Gasteiger partial charge in [0.15, 0.2) is 0 Å². The molecule has 0 aliphatic rings.